The summed E-state index contributed by atoms with van der Waals surface area (Å²) in [5.41, 5.74) is 6.94. The molecule has 0 saturated carbocycles. The summed E-state index contributed by atoms with van der Waals surface area (Å²) < 4.78 is 10.4. The number of hydrogen-bond donors (Lipinski definition) is 2. The first-order valence-electron chi connectivity index (χ1n) is 7.33. The summed E-state index contributed by atoms with van der Waals surface area (Å²) in [5, 5.41) is 2.98. The van der Waals surface area contributed by atoms with Gasteiger partial charge in [0.1, 0.15) is 6.04 Å². The molecule has 1 unspecified atom stereocenters. The van der Waals surface area contributed by atoms with E-state index in [4.69, 9.17) is 15.2 Å². The fourth-order valence-corrected chi connectivity index (χ4v) is 2.76. The maximum absolute atomic E-state index is 12.0. The molecule has 1 aliphatic heterocycles. The predicted octanol–water partition coefficient (Wildman–Crippen LogP) is 0.825. The number of carbonyl (C=O) groups excluding carboxylic acids is 1. The van der Waals surface area contributed by atoms with Crippen molar-refractivity contribution >= 4 is 5.91 Å². The second kappa shape index (κ2) is 7.54. The Kier molecular flexibility index (Phi) is 5.73. The zero-order valence-corrected chi connectivity index (χ0v) is 12.5. The quantitative estimate of drug-likeness (QED) is 0.814. The lowest BCUT2D eigenvalue weighted by Crippen LogP contribution is -2.50. The van der Waals surface area contributed by atoms with Crippen LogP contribution in [0.4, 0.5) is 0 Å². The molecular formula is C16H24N2O3. The molecule has 5 heteroatoms. The van der Waals surface area contributed by atoms with Crippen molar-refractivity contribution in [3.8, 4) is 0 Å². The lowest BCUT2D eigenvalue weighted by molar-refractivity contribution is -0.124. The Morgan fingerprint density at radius 1 is 1.38 bits per heavy atom. The summed E-state index contributed by atoms with van der Waals surface area (Å²) in [6.07, 6.45) is 1.80. The Balaban J connectivity index is 2.06. The molecule has 1 heterocycles. The largest absolute Gasteiger partial charge is 0.383 e. The van der Waals surface area contributed by atoms with E-state index >= 15 is 0 Å². The highest BCUT2D eigenvalue weighted by atomic mass is 16.5. The SMILES string of the molecule is COCC(N)C(=O)NCC1(c2ccccc2)CCOCC1. The Labute approximate surface area is 125 Å². The minimum absolute atomic E-state index is 0.0675. The number of methoxy groups -OCH3 is 1. The van der Waals surface area contributed by atoms with Crippen molar-refractivity contribution in [1.82, 2.24) is 5.32 Å². The summed E-state index contributed by atoms with van der Waals surface area (Å²) >= 11 is 0. The first-order chi connectivity index (χ1) is 10.2. The molecule has 1 atom stereocenters. The number of benzene rings is 1. The third kappa shape index (κ3) is 4.03. The van der Waals surface area contributed by atoms with Crippen molar-refractivity contribution in [2.75, 3.05) is 33.5 Å². The number of carbonyl (C=O) groups is 1. The summed E-state index contributed by atoms with van der Waals surface area (Å²) in [4.78, 5) is 12.0. The van der Waals surface area contributed by atoms with Crippen molar-refractivity contribution in [2.45, 2.75) is 24.3 Å². The van der Waals surface area contributed by atoms with Crippen molar-refractivity contribution in [1.29, 1.82) is 0 Å². The summed E-state index contributed by atoms with van der Waals surface area (Å²) in [6.45, 7) is 2.24. The highest BCUT2D eigenvalue weighted by Crippen LogP contribution is 2.34. The second-order valence-electron chi connectivity index (χ2n) is 5.54. The summed E-state index contributed by atoms with van der Waals surface area (Å²) in [6, 6.07) is 9.68. The van der Waals surface area contributed by atoms with E-state index in [0.717, 1.165) is 26.1 Å². The zero-order valence-electron chi connectivity index (χ0n) is 12.5. The standard InChI is InChI=1S/C16H24N2O3/c1-20-11-14(17)15(19)18-12-16(7-9-21-10-8-16)13-5-3-2-4-6-13/h2-6,14H,7-12,17H2,1H3,(H,18,19). The second-order valence-corrected chi connectivity index (χ2v) is 5.54. The fraction of sp³-hybridized carbons (Fsp3) is 0.562. The fourth-order valence-electron chi connectivity index (χ4n) is 2.76. The van der Waals surface area contributed by atoms with E-state index < -0.39 is 6.04 Å². The Morgan fingerprint density at radius 3 is 2.67 bits per heavy atom. The number of nitrogens with one attached hydrogen (secondary N) is 1. The lowest BCUT2D eigenvalue weighted by atomic mass is 9.74. The van der Waals surface area contributed by atoms with Gasteiger partial charge in [0.05, 0.1) is 6.61 Å². The van der Waals surface area contributed by atoms with E-state index in [0.29, 0.717) is 6.54 Å². The molecule has 116 valence electrons. The molecule has 21 heavy (non-hydrogen) atoms. The average molecular weight is 292 g/mol. The van der Waals surface area contributed by atoms with Crippen LogP contribution < -0.4 is 11.1 Å². The molecule has 0 aliphatic carbocycles. The molecule has 1 aromatic rings. The molecule has 0 radical (unpaired) electrons. The van der Waals surface area contributed by atoms with E-state index in [1.54, 1.807) is 0 Å². The third-order valence-electron chi connectivity index (χ3n) is 4.12. The highest BCUT2D eigenvalue weighted by Gasteiger charge is 2.35. The van der Waals surface area contributed by atoms with Crippen LogP contribution in [0.15, 0.2) is 30.3 Å². The molecule has 0 aromatic heterocycles. The van der Waals surface area contributed by atoms with Gasteiger partial charge in [0, 0.05) is 32.3 Å². The van der Waals surface area contributed by atoms with Crippen molar-refractivity contribution in [3.63, 3.8) is 0 Å². The predicted molar refractivity (Wildman–Crippen MR) is 81.0 cm³/mol. The average Bonchev–Trinajstić information content (AvgIpc) is 2.54. The van der Waals surface area contributed by atoms with Crippen LogP contribution in [0, 0.1) is 0 Å². The summed E-state index contributed by atoms with van der Waals surface area (Å²) in [7, 11) is 1.54. The van der Waals surface area contributed by atoms with Gasteiger partial charge in [-0.25, -0.2) is 0 Å². The molecule has 2 rings (SSSR count). The Morgan fingerprint density at radius 2 is 2.05 bits per heavy atom. The van der Waals surface area contributed by atoms with Crippen molar-refractivity contribution in [2.24, 2.45) is 5.73 Å². The number of amides is 1. The molecule has 5 nitrogen and oxygen atoms in total. The van der Waals surface area contributed by atoms with Gasteiger partial charge in [0.2, 0.25) is 5.91 Å². The molecule has 1 amide bonds. The zero-order chi connectivity index (χ0) is 15.1. The van der Waals surface area contributed by atoms with Gasteiger partial charge >= 0.3 is 0 Å². The van der Waals surface area contributed by atoms with Crippen LogP contribution in [0.5, 0.6) is 0 Å². The molecule has 0 spiro atoms. The van der Waals surface area contributed by atoms with Crippen LogP contribution in [-0.4, -0.2) is 45.4 Å². The van der Waals surface area contributed by atoms with Crippen molar-refractivity contribution in [3.05, 3.63) is 35.9 Å². The topological polar surface area (TPSA) is 73.6 Å². The molecular weight excluding hydrogens is 268 g/mol. The summed E-state index contributed by atoms with van der Waals surface area (Å²) in [5.74, 6) is -0.168. The van der Waals surface area contributed by atoms with Gasteiger partial charge in [-0.1, -0.05) is 30.3 Å². The lowest BCUT2D eigenvalue weighted by Gasteiger charge is -2.38. The van der Waals surface area contributed by atoms with Gasteiger partial charge in [-0.2, -0.15) is 0 Å². The third-order valence-corrected chi connectivity index (χ3v) is 4.12. The van der Waals surface area contributed by atoms with Crippen LogP contribution in [0.1, 0.15) is 18.4 Å². The maximum Gasteiger partial charge on any atom is 0.239 e. The molecule has 3 N–H and O–H groups in total. The number of nitrogens with two attached hydrogens (primary N) is 1. The van der Waals surface area contributed by atoms with E-state index in [1.165, 1.54) is 12.7 Å². The number of ether oxygens (including phenoxy) is 2. The number of hydrogen-bond acceptors (Lipinski definition) is 4. The van der Waals surface area contributed by atoms with Crippen LogP contribution in [0.3, 0.4) is 0 Å². The van der Waals surface area contributed by atoms with E-state index in [-0.39, 0.29) is 17.9 Å². The van der Waals surface area contributed by atoms with Gasteiger partial charge in [-0.05, 0) is 18.4 Å². The van der Waals surface area contributed by atoms with E-state index in [2.05, 4.69) is 17.4 Å². The van der Waals surface area contributed by atoms with Crippen LogP contribution >= 0.6 is 0 Å². The molecule has 1 saturated heterocycles. The molecule has 1 fully saturated rings. The highest BCUT2D eigenvalue weighted by molar-refractivity contribution is 5.81. The minimum Gasteiger partial charge on any atom is -0.383 e. The molecule has 1 aliphatic rings. The Hall–Kier alpha value is -1.43. The van der Waals surface area contributed by atoms with Gasteiger partial charge in [0.25, 0.3) is 0 Å². The molecule has 0 bridgehead atoms. The van der Waals surface area contributed by atoms with E-state index in [1.807, 2.05) is 18.2 Å². The van der Waals surface area contributed by atoms with Crippen molar-refractivity contribution < 1.29 is 14.3 Å². The van der Waals surface area contributed by atoms with Gasteiger partial charge in [0.15, 0.2) is 0 Å². The van der Waals surface area contributed by atoms with Gasteiger partial charge in [-0.3, -0.25) is 4.79 Å². The minimum atomic E-state index is -0.623. The van der Waals surface area contributed by atoms with Crippen LogP contribution in [0.25, 0.3) is 0 Å². The van der Waals surface area contributed by atoms with E-state index in [9.17, 15) is 4.79 Å². The Bertz CT molecular complexity index is 444. The maximum atomic E-state index is 12.0. The molecule has 1 aromatic carbocycles. The normalized spacial score (nSPS) is 19.0. The first kappa shape index (κ1) is 15.9. The number of rotatable bonds is 6. The first-order valence-corrected chi connectivity index (χ1v) is 7.33. The monoisotopic (exact) mass is 292 g/mol. The van der Waals surface area contributed by atoms with Crippen LogP contribution in [-0.2, 0) is 19.7 Å². The van der Waals surface area contributed by atoms with Gasteiger partial charge in [-0.15, -0.1) is 0 Å². The van der Waals surface area contributed by atoms with Gasteiger partial charge < -0.3 is 20.5 Å². The van der Waals surface area contributed by atoms with Crippen LogP contribution in [0.2, 0.25) is 0 Å². The smallest absolute Gasteiger partial charge is 0.239 e.